The fraction of sp³-hybridized carbons (Fsp3) is 0.129. The van der Waals surface area contributed by atoms with E-state index in [1.54, 1.807) is 62.4 Å². The number of esters is 1. The fourth-order valence-electron chi connectivity index (χ4n) is 3.06. The van der Waals surface area contributed by atoms with Crippen LogP contribution in [0.4, 0.5) is 4.39 Å². The summed E-state index contributed by atoms with van der Waals surface area (Å²) in [6.07, 6.45) is 2.65. The highest BCUT2D eigenvalue weighted by Gasteiger charge is 2.09. The minimum atomic E-state index is -0.638. The highest BCUT2D eigenvalue weighted by Crippen LogP contribution is 2.26. The van der Waals surface area contributed by atoms with Crippen LogP contribution in [0.5, 0.6) is 17.2 Å². The maximum atomic E-state index is 14.8. The number of halogens is 1. The van der Waals surface area contributed by atoms with E-state index in [4.69, 9.17) is 14.2 Å². The zero-order valence-electron chi connectivity index (χ0n) is 21.2. The van der Waals surface area contributed by atoms with Gasteiger partial charge in [-0.25, -0.2) is 9.18 Å². The first-order chi connectivity index (χ1) is 18.1. The number of carbonyl (C=O) groups is 3. The van der Waals surface area contributed by atoms with Gasteiger partial charge in [0.25, 0.3) is 0 Å². The summed E-state index contributed by atoms with van der Waals surface area (Å²) in [5, 5.41) is 0. The summed E-state index contributed by atoms with van der Waals surface area (Å²) in [5.74, 6) is -0.271. The van der Waals surface area contributed by atoms with Crippen LogP contribution in [0.3, 0.4) is 0 Å². The molecule has 3 aromatic carbocycles. The van der Waals surface area contributed by atoms with Crippen LogP contribution in [-0.4, -0.2) is 30.7 Å². The molecule has 3 aromatic rings. The molecule has 0 radical (unpaired) electrons. The number of carbonyl (C=O) groups excluding carboxylic acids is 3. The SMILES string of the molecule is C=C(C)C(=O)COc1ccc(OC(=O)/C=C/c2ccc(-c3ccc(OCC(=O)C(=C)C)cc3)c(F)c2)cc1. The van der Waals surface area contributed by atoms with Gasteiger partial charge in [0.2, 0.25) is 0 Å². The molecule has 0 spiro atoms. The average molecular weight is 515 g/mol. The van der Waals surface area contributed by atoms with Gasteiger partial charge in [-0.15, -0.1) is 0 Å². The van der Waals surface area contributed by atoms with Crippen molar-refractivity contribution in [2.45, 2.75) is 13.8 Å². The molecule has 0 N–H and O–H groups in total. The Kier molecular flexibility index (Phi) is 9.48. The molecule has 0 aliphatic carbocycles. The summed E-state index contributed by atoms with van der Waals surface area (Å²) in [5.41, 5.74) is 2.31. The molecule has 7 heteroatoms. The molecule has 194 valence electrons. The van der Waals surface area contributed by atoms with E-state index in [0.29, 0.717) is 39.3 Å². The van der Waals surface area contributed by atoms with Crippen LogP contribution in [0.1, 0.15) is 19.4 Å². The first-order valence-electron chi connectivity index (χ1n) is 11.7. The van der Waals surface area contributed by atoms with Crippen molar-refractivity contribution >= 4 is 23.6 Å². The van der Waals surface area contributed by atoms with Crippen LogP contribution < -0.4 is 14.2 Å². The van der Waals surface area contributed by atoms with Gasteiger partial charge in [-0.1, -0.05) is 37.4 Å². The van der Waals surface area contributed by atoms with Crippen LogP contribution in [0.2, 0.25) is 0 Å². The highest BCUT2D eigenvalue weighted by molar-refractivity contribution is 5.95. The van der Waals surface area contributed by atoms with E-state index >= 15 is 0 Å². The minimum Gasteiger partial charge on any atom is -0.485 e. The predicted octanol–water partition coefficient (Wildman–Crippen LogP) is 6.16. The lowest BCUT2D eigenvalue weighted by molar-refractivity contribution is -0.129. The van der Waals surface area contributed by atoms with Crippen molar-refractivity contribution in [3.05, 3.63) is 108 Å². The van der Waals surface area contributed by atoms with Crippen LogP contribution in [-0.2, 0) is 14.4 Å². The summed E-state index contributed by atoms with van der Waals surface area (Å²) >= 11 is 0. The predicted molar refractivity (Wildman–Crippen MR) is 144 cm³/mol. The van der Waals surface area contributed by atoms with Crippen LogP contribution in [0.15, 0.2) is 97.1 Å². The molecule has 38 heavy (non-hydrogen) atoms. The third-order valence-corrected chi connectivity index (χ3v) is 5.30. The second-order valence-electron chi connectivity index (χ2n) is 8.47. The fourth-order valence-corrected chi connectivity index (χ4v) is 3.06. The highest BCUT2D eigenvalue weighted by atomic mass is 19.1. The standard InChI is InChI=1S/C31H27FO6/c1-20(2)29(33)18-36-24-9-7-23(8-10-24)27-15-5-22(17-28(27)32)6-16-31(35)38-26-13-11-25(12-14-26)37-19-30(34)21(3)4/h5-17H,1,3,18-19H2,2,4H3/b16-6+. The summed E-state index contributed by atoms with van der Waals surface area (Å²) in [6.45, 7) is 10.1. The molecule has 0 aliphatic rings. The molecule has 0 aromatic heterocycles. The number of hydrogen-bond donors (Lipinski definition) is 0. The first kappa shape index (κ1) is 27.8. The van der Waals surface area contributed by atoms with Crippen LogP contribution >= 0.6 is 0 Å². The third-order valence-electron chi connectivity index (χ3n) is 5.30. The third kappa shape index (κ3) is 8.13. The average Bonchev–Trinajstić information content (AvgIpc) is 2.90. The second-order valence-corrected chi connectivity index (χ2v) is 8.47. The molecule has 0 atom stereocenters. The zero-order valence-corrected chi connectivity index (χ0v) is 21.2. The molecule has 0 fully saturated rings. The number of ketones is 2. The Morgan fingerprint density at radius 2 is 1.26 bits per heavy atom. The van der Waals surface area contributed by atoms with E-state index in [1.165, 1.54) is 30.4 Å². The van der Waals surface area contributed by atoms with E-state index in [9.17, 15) is 18.8 Å². The van der Waals surface area contributed by atoms with E-state index < -0.39 is 11.8 Å². The Hall–Kier alpha value is -4.78. The molecular formula is C31H27FO6. The lowest BCUT2D eigenvalue weighted by atomic mass is 10.0. The lowest BCUT2D eigenvalue weighted by Gasteiger charge is -2.08. The molecule has 3 rings (SSSR count). The van der Waals surface area contributed by atoms with Gasteiger partial charge in [0, 0.05) is 11.6 Å². The van der Waals surface area contributed by atoms with Gasteiger partial charge >= 0.3 is 5.97 Å². The summed E-state index contributed by atoms with van der Waals surface area (Å²) < 4.78 is 30.8. The molecule has 0 unspecified atom stereocenters. The van der Waals surface area contributed by atoms with Gasteiger partial charge in [-0.3, -0.25) is 9.59 Å². The Bertz CT molecular complexity index is 1380. The molecule has 0 heterocycles. The number of rotatable bonds is 12. The van der Waals surface area contributed by atoms with Gasteiger partial charge in [0.1, 0.15) is 23.1 Å². The Balaban J connectivity index is 1.56. The second kappa shape index (κ2) is 13.0. The molecule has 0 amide bonds. The van der Waals surface area contributed by atoms with Gasteiger partial charge in [-0.2, -0.15) is 0 Å². The van der Waals surface area contributed by atoms with Gasteiger partial charge in [0.05, 0.1) is 0 Å². The number of ether oxygens (including phenoxy) is 3. The summed E-state index contributed by atoms with van der Waals surface area (Å²) in [7, 11) is 0. The number of Topliss-reactive ketones (excluding diaryl/α,β-unsaturated/α-hetero) is 2. The van der Waals surface area contributed by atoms with Crippen LogP contribution in [0, 0.1) is 5.82 Å². The van der Waals surface area contributed by atoms with Crippen molar-refractivity contribution in [3.8, 4) is 28.4 Å². The van der Waals surface area contributed by atoms with Gasteiger partial charge < -0.3 is 14.2 Å². The first-order valence-corrected chi connectivity index (χ1v) is 11.7. The van der Waals surface area contributed by atoms with Gasteiger partial charge in [0.15, 0.2) is 24.8 Å². The maximum absolute atomic E-state index is 14.8. The normalized spacial score (nSPS) is 10.6. The lowest BCUT2D eigenvalue weighted by Crippen LogP contribution is -2.11. The van der Waals surface area contributed by atoms with E-state index in [0.717, 1.165) is 0 Å². The quantitative estimate of drug-likeness (QED) is 0.164. The van der Waals surface area contributed by atoms with Crippen molar-refractivity contribution < 1.29 is 33.0 Å². The number of hydrogen-bond acceptors (Lipinski definition) is 6. The van der Waals surface area contributed by atoms with Crippen molar-refractivity contribution in [2.75, 3.05) is 13.2 Å². The van der Waals surface area contributed by atoms with Crippen molar-refractivity contribution in [2.24, 2.45) is 0 Å². The summed E-state index contributed by atoms with van der Waals surface area (Å²) in [4.78, 5) is 35.3. The maximum Gasteiger partial charge on any atom is 0.336 e. The van der Waals surface area contributed by atoms with Crippen molar-refractivity contribution in [1.82, 2.24) is 0 Å². The molecule has 0 saturated carbocycles. The Morgan fingerprint density at radius 3 is 1.76 bits per heavy atom. The number of benzene rings is 3. The monoisotopic (exact) mass is 514 g/mol. The molecule has 0 saturated heterocycles. The largest absolute Gasteiger partial charge is 0.485 e. The topological polar surface area (TPSA) is 78.9 Å². The van der Waals surface area contributed by atoms with Crippen LogP contribution in [0.25, 0.3) is 17.2 Å². The van der Waals surface area contributed by atoms with E-state index in [1.807, 2.05) is 0 Å². The van der Waals surface area contributed by atoms with Gasteiger partial charge in [-0.05, 0) is 84.7 Å². The minimum absolute atomic E-state index is 0.107. The molecular weight excluding hydrogens is 487 g/mol. The molecule has 6 nitrogen and oxygen atoms in total. The Morgan fingerprint density at radius 1 is 0.763 bits per heavy atom. The molecule has 0 bridgehead atoms. The summed E-state index contributed by atoms with van der Waals surface area (Å²) in [6, 6.07) is 17.5. The smallest absolute Gasteiger partial charge is 0.336 e. The van der Waals surface area contributed by atoms with Crippen molar-refractivity contribution in [3.63, 3.8) is 0 Å². The Labute approximate surface area is 220 Å². The van der Waals surface area contributed by atoms with E-state index in [2.05, 4.69) is 13.2 Å². The van der Waals surface area contributed by atoms with E-state index in [-0.39, 0.29) is 30.5 Å². The van der Waals surface area contributed by atoms with Crippen molar-refractivity contribution in [1.29, 1.82) is 0 Å². The zero-order chi connectivity index (χ0) is 27.7. The molecule has 0 aliphatic heterocycles.